The molecule has 1 heterocycles. The van der Waals surface area contributed by atoms with Gasteiger partial charge in [-0.3, -0.25) is 0 Å². The lowest BCUT2D eigenvalue weighted by Gasteiger charge is -2.03. The van der Waals surface area contributed by atoms with E-state index < -0.39 is 0 Å². The average Bonchev–Trinajstić information content (AvgIpc) is 2.80. The molecule has 0 unspecified atom stereocenters. The van der Waals surface area contributed by atoms with Crippen molar-refractivity contribution in [2.24, 2.45) is 0 Å². The van der Waals surface area contributed by atoms with Gasteiger partial charge in [0.25, 0.3) is 0 Å². The summed E-state index contributed by atoms with van der Waals surface area (Å²) in [7, 11) is 0. The lowest BCUT2D eigenvalue weighted by Crippen LogP contribution is -1.97. The predicted molar refractivity (Wildman–Crippen MR) is 51.0 cm³/mol. The molecule has 1 aromatic heterocycles. The molecule has 0 aliphatic carbocycles. The number of aromatic nitrogens is 2. The van der Waals surface area contributed by atoms with Gasteiger partial charge in [-0.1, -0.05) is 17.3 Å². The van der Waals surface area contributed by atoms with E-state index in [4.69, 9.17) is 9.84 Å². The normalized spacial score (nSPS) is 10.2. The minimum Gasteiger partial charge on any atom is -0.485 e. The summed E-state index contributed by atoms with van der Waals surface area (Å²) in [6, 6.07) is 7.16. The molecule has 0 bridgehead atoms. The summed E-state index contributed by atoms with van der Waals surface area (Å²) in [5, 5.41) is 12.4. The Hall–Kier alpha value is -1.88. The first kappa shape index (κ1) is 9.67. The standard InChI is InChI=1S/C10H10N2O3/c13-5-8-1-3-9(4-2-8)14-6-10-11-7-15-12-10/h1-4,7,13H,5-6H2. The molecular formula is C10H10N2O3. The van der Waals surface area contributed by atoms with Gasteiger partial charge >= 0.3 is 0 Å². The average molecular weight is 206 g/mol. The third-order valence-corrected chi connectivity index (χ3v) is 1.88. The van der Waals surface area contributed by atoms with E-state index >= 15 is 0 Å². The maximum atomic E-state index is 8.84. The lowest BCUT2D eigenvalue weighted by atomic mass is 10.2. The summed E-state index contributed by atoms with van der Waals surface area (Å²) in [6.07, 6.45) is 1.26. The Kier molecular flexibility index (Phi) is 2.94. The minimum atomic E-state index is 0.0329. The topological polar surface area (TPSA) is 68.4 Å². The van der Waals surface area contributed by atoms with E-state index in [1.807, 2.05) is 0 Å². The summed E-state index contributed by atoms with van der Waals surface area (Å²) >= 11 is 0. The molecule has 0 fully saturated rings. The van der Waals surface area contributed by atoms with E-state index in [-0.39, 0.29) is 13.2 Å². The SMILES string of the molecule is OCc1ccc(OCc2ncon2)cc1. The Bertz CT molecular complexity index is 397. The van der Waals surface area contributed by atoms with Crippen molar-refractivity contribution in [2.45, 2.75) is 13.2 Å². The summed E-state index contributed by atoms with van der Waals surface area (Å²) in [5.74, 6) is 1.21. The second-order valence-electron chi connectivity index (χ2n) is 2.94. The molecule has 5 heteroatoms. The van der Waals surface area contributed by atoms with Gasteiger partial charge in [-0.2, -0.15) is 4.98 Å². The number of aliphatic hydroxyl groups excluding tert-OH is 1. The Balaban J connectivity index is 1.93. The highest BCUT2D eigenvalue weighted by atomic mass is 16.5. The van der Waals surface area contributed by atoms with Gasteiger partial charge in [0, 0.05) is 0 Å². The fourth-order valence-corrected chi connectivity index (χ4v) is 1.09. The van der Waals surface area contributed by atoms with E-state index in [0.717, 1.165) is 5.56 Å². The van der Waals surface area contributed by atoms with E-state index in [9.17, 15) is 0 Å². The van der Waals surface area contributed by atoms with Crippen molar-refractivity contribution >= 4 is 0 Å². The Morgan fingerprint density at radius 1 is 1.27 bits per heavy atom. The van der Waals surface area contributed by atoms with E-state index in [2.05, 4.69) is 14.7 Å². The van der Waals surface area contributed by atoms with Crippen LogP contribution < -0.4 is 4.74 Å². The second-order valence-corrected chi connectivity index (χ2v) is 2.94. The molecule has 5 nitrogen and oxygen atoms in total. The molecule has 0 amide bonds. The van der Waals surface area contributed by atoms with Crippen molar-refractivity contribution in [1.82, 2.24) is 10.1 Å². The maximum absolute atomic E-state index is 8.84. The highest BCUT2D eigenvalue weighted by molar-refractivity contribution is 5.26. The molecule has 1 N–H and O–H groups in total. The fraction of sp³-hybridized carbons (Fsp3) is 0.200. The minimum absolute atomic E-state index is 0.0329. The molecule has 0 aliphatic rings. The molecule has 0 atom stereocenters. The number of hydrogen-bond acceptors (Lipinski definition) is 5. The van der Waals surface area contributed by atoms with E-state index in [0.29, 0.717) is 11.6 Å². The number of nitrogens with zero attached hydrogens (tertiary/aromatic N) is 2. The molecule has 0 spiro atoms. The summed E-state index contributed by atoms with van der Waals surface area (Å²) in [6.45, 7) is 0.306. The largest absolute Gasteiger partial charge is 0.485 e. The number of aliphatic hydroxyl groups is 1. The molecular weight excluding hydrogens is 196 g/mol. The molecule has 15 heavy (non-hydrogen) atoms. The van der Waals surface area contributed by atoms with Gasteiger partial charge in [-0.25, -0.2) is 0 Å². The number of ether oxygens (including phenoxy) is 1. The van der Waals surface area contributed by atoms with Crippen LogP contribution in [0.25, 0.3) is 0 Å². The summed E-state index contributed by atoms with van der Waals surface area (Å²) in [4.78, 5) is 3.82. The molecule has 2 rings (SSSR count). The molecule has 0 aliphatic heterocycles. The molecule has 0 radical (unpaired) electrons. The fourth-order valence-electron chi connectivity index (χ4n) is 1.09. The van der Waals surface area contributed by atoms with Crippen molar-refractivity contribution in [2.75, 3.05) is 0 Å². The highest BCUT2D eigenvalue weighted by Gasteiger charge is 1.99. The number of benzene rings is 1. The molecule has 1 aromatic carbocycles. The third-order valence-electron chi connectivity index (χ3n) is 1.88. The zero-order chi connectivity index (χ0) is 10.5. The van der Waals surface area contributed by atoms with Gasteiger partial charge in [0.05, 0.1) is 6.61 Å². The van der Waals surface area contributed by atoms with Crippen molar-refractivity contribution in [1.29, 1.82) is 0 Å². The third kappa shape index (κ3) is 2.54. The zero-order valence-electron chi connectivity index (χ0n) is 7.96. The van der Waals surface area contributed by atoms with Crippen LogP contribution in [0, 0.1) is 0 Å². The van der Waals surface area contributed by atoms with Gasteiger partial charge in [-0.15, -0.1) is 0 Å². The predicted octanol–water partition coefficient (Wildman–Crippen LogP) is 1.14. The molecule has 0 saturated heterocycles. The van der Waals surface area contributed by atoms with Gasteiger partial charge in [0.1, 0.15) is 5.75 Å². The van der Waals surface area contributed by atoms with Crippen LogP contribution in [0.3, 0.4) is 0 Å². The molecule has 2 aromatic rings. The lowest BCUT2D eigenvalue weighted by molar-refractivity contribution is 0.278. The first-order valence-corrected chi connectivity index (χ1v) is 4.46. The first-order valence-electron chi connectivity index (χ1n) is 4.46. The molecule has 78 valence electrons. The van der Waals surface area contributed by atoms with Crippen LogP contribution in [-0.4, -0.2) is 15.2 Å². The van der Waals surface area contributed by atoms with Crippen LogP contribution in [-0.2, 0) is 13.2 Å². The van der Waals surface area contributed by atoms with Crippen LogP contribution in [0.15, 0.2) is 35.2 Å². The van der Waals surface area contributed by atoms with Crippen LogP contribution in [0.2, 0.25) is 0 Å². The van der Waals surface area contributed by atoms with Crippen molar-refractivity contribution < 1.29 is 14.4 Å². The Morgan fingerprint density at radius 3 is 2.67 bits per heavy atom. The maximum Gasteiger partial charge on any atom is 0.213 e. The highest BCUT2D eigenvalue weighted by Crippen LogP contribution is 2.13. The van der Waals surface area contributed by atoms with E-state index in [1.165, 1.54) is 6.39 Å². The summed E-state index contributed by atoms with van der Waals surface area (Å²) in [5.41, 5.74) is 0.849. The zero-order valence-corrected chi connectivity index (χ0v) is 7.96. The van der Waals surface area contributed by atoms with Crippen molar-refractivity contribution in [3.05, 3.63) is 42.0 Å². The van der Waals surface area contributed by atoms with Crippen LogP contribution in [0.5, 0.6) is 5.75 Å². The quantitative estimate of drug-likeness (QED) is 0.812. The van der Waals surface area contributed by atoms with Crippen LogP contribution >= 0.6 is 0 Å². The van der Waals surface area contributed by atoms with Crippen molar-refractivity contribution in [3.63, 3.8) is 0 Å². The smallest absolute Gasteiger partial charge is 0.213 e. The Morgan fingerprint density at radius 2 is 2.07 bits per heavy atom. The number of hydrogen-bond donors (Lipinski definition) is 1. The molecule has 0 saturated carbocycles. The van der Waals surface area contributed by atoms with Gasteiger partial charge in [0.15, 0.2) is 6.61 Å². The first-order chi connectivity index (χ1) is 7.38. The van der Waals surface area contributed by atoms with E-state index in [1.54, 1.807) is 24.3 Å². The van der Waals surface area contributed by atoms with Gasteiger partial charge in [0.2, 0.25) is 12.2 Å². The second kappa shape index (κ2) is 4.56. The van der Waals surface area contributed by atoms with Crippen molar-refractivity contribution in [3.8, 4) is 5.75 Å². The van der Waals surface area contributed by atoms with Gasteiger partial charge in [-0.05, 0) is 17.7 Å². The number of rotatable bonds is 4. The summed E-state index contributed by atoms with van der Waals surface area (Å²) < 4.78 is 9.95. The van der Waals surface area contributed by atoms with Gasteiger partial charge < -0.3 is 14.4 Å². The monoisotopic (exact) mass is 206 g/mol. The Labute approximate surface area is 86.3 Å². The van der Waals surface area contributed by atoms with Crippen LogP contribution in [0.4, 0.5) is 0 Å². The van der Waals surface area contributed by atoms with Crippen LogP contribution in [0.1, 0.15) is 11.4 Å².